The molecule has 3 rings (SSSR count). The van der Waals surface area contributed by atoms with E-state index in [0.717, 1.165) is 11.3 Å². The van der Waals surface area contributed by atoms with E-state index in [0.29, 0.717) is 17.4 Å². The zero-order valence-electron chi connectivity index (χ0n) is 16.0. The van der Waals surface area contributed by atoms with Gasteiger partial charge in [-0.05, 0) is 43.3 Å². The van der Waals surface area contributed by atoms with Crippen molar-refractivity contribution in [1.29, 1.82) is 0 Å². The number of carbonyl (C=O) groups excluding carboxylic acids is 1. The number of nitrogens with zero attached hydrogens (tertiary/aromatic N) is 2. The van der Waals surface area contributed by atoms with E-state index in [4.69, 9.17) is 23.4 Å². The Morgan fingerprint density at radius 1 is 0.964 bits per heavy atom. The van der Waals surface area contributed by atoms with Gasteiger partial charge in [-0.25, -0.2) is 4.79 Å². The molecule has 0 aliphatic heterocycles. The Hall–Kier alpha value is -3.55. The molecule has 1 atom stereocenters. The van der Waals surface area contributed by atoms with Gasteiger partial charge in [0.15, 0.2) is 17.6 Å². The molecule has 0 spiro atoms. The van der Waals surface area contributed by atoms with Crippen LogP contribution in [0.1, 0.15) is 29.3 Å². The highest BCUT2D eigenvalue weighted by atomic mass is 16.6. The van der Waals surface area contributed by atoms with Gasteiger partial charge in [0.05, 0.1) is 21.3 Å². The highest BCUT2D eigenvalue weighted by Gasteiger charge is 2.23. The summed E-state index contributed by atoms with van der Waals surface area (Å²) in [5, 5.41) is 7.99. The van der Waals surface area contributed by atoms with Gasteiger partial charge in [-0.15, -0.1) is 10.2 Å². The quantitative estimate of drug-likeness (QED) is 0.570. The molecular weight excluding hydrogens is 364 g/mol. The lowest BCUT2D eigenvalue weighted by Gasteiger charge is -2.13. The minimum Gasteiger partial charge on any atom is -0.497 e. The van der Waals surface area contributed by atoms with Gasteiger partial charge in [0.1, 0.15) is 11.3 Å². The minimum atomic E-state index is -0.747. The molecule has 8 heteroatoms. The molecule has 28 heavy (non-hydrogen) atoms. The van der Waals surface area contributed by atoms with E-state index < -0.39 is 12.1 Å². The normalized spacial score (nSPS) is 11.6. The second-order valence-electron chi connectivity index (χ2n) is 5.76. The molecule has 1 aromatic heterocycles. The molecule has 0 unspecified atom stereocenters. The van der Waals surface area contributed by atoms with E-state index in [1.54, 1.807) is 56.5 Å². The second kappa shape index (κ2) is 8.43. The van der Waals surface area contributed by atoms with Gasteiger partial charge in [-0.1, -0.05) is 6.07 Å². The number of aromatic nitrogens is 2. The Labute approximate surface area is 162 Å². The number of hydrogen-bond acceptors (Lipinski definition) is 8. The van der Waals surface area contributed by atoms with Crippen LogP contribution in [0, 0.1) is 0 Å². The van der Waals surface area contributed by atoms with E-state index in [1.165, 1.54) is 14.2 Å². The summed E-state index contributed by atoms with van der Waals surface area (Å²) >= 11 is 0. The van der Waals surface area contributed by atoms with Crippen LogP contribution in [0.3, 0.4) is 0 Å². The van der Waals surface area contributed by atoms with Crippen LogP contribution in [0.25, 0.3) is 11.5 Å². The van der Waals surface area contributed by atoms with Gasteiger partial charge in [0, 0.05) is 5.56 Å². The largest absolute Gasteiger partial charge is 0.497 e. The fourth-order valence-electron chi connectivity index (χ4n) is 2.57. The molecule has 0 saturated heterocycles. The lowest BCUT2D eigenvalue weighted by atomic mass is 10.2. The number of carbonyl (C=O) groups is 1. The first-order valence-electron chi connectivity index (χ1n) is 8.47. The molecule has 0 radical (unpaired) electrons. The molecule has 0 N–H and O–H groups in total. The SMILES string of the molecule is COc1ccc(-c2nnc([C@@H](C)OC(=O)c3cccc(OC)c3OC)o2)cc1. The summed E-state index contributed by atoms with van der Waals surface area (Å²) in [6, 6.07) is 12.1. The van der Waals surface area contributed by atoms with E-state index >= 15 is 0 Å². The van der Waals surface area contributed by atoms with Crippen LogP contribution >= 0.6 is 0 Å². The second-order valence-corrected chi connectivity index (χ2v) is 5.76. The van der Waals surface area contributed by atoms with E-state index in [1.807, 2.05) is 0 Å². The summed E-state index contributed by atoms with van der Waals surface area (Å²) in [7, 11) is 4.54. The number of benzene rings is 2. The molecule has 0 bridgehead atoms. The van der Waals surface area contributed by atoms with Crippen molar-refractivity contribution < 1.29 is 28.2 Å². The third-order valence-corrected chi connectivity index (χ3v) is 4.03. The predicted molar refractivity (Wildman–Crippen MR) is 99.7 cm³/mol. The fraction of sp³-hybridized carbons (Fsp3) is 0.250. The molecule has 1 heterocycles. The van der Waals surface area contributed by atoms with Gasteiger partial charge in [-0.2, -0.15) is 0 Å². The third-order valence-electron chi connectivity index (χ3n) is 4.03. The first-order chi connectivity index (χ1) is 13.6. The monoisotopic (exact) mass is 384 g/mol. The summed E-state index contributed by atoms with van der Waals surface area (Å²) in [6.45, 7) is 1.65. The maximum atomic E-state index is 12.6. The highest BCUT2D eigenvalue weighted by molar-refractivity contribution is 5.93. The Morgan fingerprint density at radius 2 is 1.71 bits per heavy atom. The lowest BCUT2D eigenvalue weighted by molar-refractivity contribution is 0.0276. The van der Waals surface area contributed by atoms with Crippen LogP contribution in [0.15, 0.2) is 46.9 Å². The molecule has 146 valence electrons. The average Bonchev–Trinajstić information content (AvgIpc) is 3.23. The third kappa shape index (κ3) is 3.90. The molecule has 8 nitrogen and oxygen atoms in total. The van der Waals surface area contributed by atoms with Gasteiger partial charge in [0.25, 0.3) is 5.89 Å². The molecule has 0 amide bonds. The zero-order chi connectivity index (χ0) is 20.1. The molecule has 0 fully saturated rings. The fourth-order valence-corrected chi connectivity index (χ4v) is 2.57. The Balaban J connectivity index is 1.76. The molecule has 0 aliphatic carbocycles. The van der Waals surface area contributed by atoms with Crippen molar-refractivity contribution in [3.8, 4) is 28.7 Å². The minimum absolute atomic E-state index is 0.182. The first kappa shape index (κ1) is 19.2. The number of hydrogen-bond donors (Lipinski definition) is 0. The number of rotatable bonds is 7. The summed E-state index contributed by atoms with van der Waals surface area (Å²) in [4.78, 5) is 12.6. The highest BCUT2D eigenvalue weighted by Crippen LogP contribution is 2.32. The van der Waals surface area contributed by atoms with Crippen molar-refractivity contribution in [2.75, 3.05) is 21.3 Å². The van der Waals surface area contributed by atoms with Crippen molar-refractivity contribution in [3.05, 3.63) is 53.9 Å². The van der Waals surface area contributed by atoms with Gasteiger partial charge >= 0.3 is 5.97 Å². The van der Waals surface area contributed by atoms with Gasteiger partial charge < -0.3 is 23.4 Å². The number of para-hydroxylation sites is 1. The molecule has 3 aromatic rings. The maximum Gasteiger partial charge on any atom is 0.342 e. The molecule has 0 saturated carbocycles. The Bertz CT molecular complexity index is 952. The van der Waals surface area contributed by atoms with Crippen LogP contribution < -0.4 is 14.2 Å². The van der Waals surface area contributed by atoms with Crippen LogP contribution in [0.2, 0.25) is 0 Å². The van der Waals surface area contributed by atoms with Crippen LogP contribution in [0.5, 0.6) is 17.2 Å². The Morgan fingerprint density at radius 3 is 2.36 bits per heavy atom. The van der Waals surface area contributed by atoms with Gasteiger partial charge in [-0.3, -0.25) is 0 Å². The van der Waals surface area contributed by atoms with Gasteiger partial charge in [0.2, 0.25) is 5.89 Å². The van der Waals surface area contributed by atoms with Crippen LogP contribution in [-0.2, 0) is 4.74 Å². The number of methoxy groups -OCH3 is 3. The maximum absolute atomic E-state index is 12.6. The van der Waals surface area contributed by atoms with Crippen molar-refractivity contribution in [1.82, 2.24) is 10.2 Å². The van der Waals surface area contributed by atoms with Crippen LogP contribution in [-0.4, -0.2) is 37.5 Å². The van der Waals surface area contributed by atoms with E-state index in [9.17, 15) is 4.79 Å². The summed E-state index contributed by atoms with van der Waals surface area (Å²) in [6.07, 6.45) is -0.747. The number of esters is 1. The first-order valence-corrected chi connectivity index (χ1v) is 8.47. The van der Waals surface area contributed by atoms with Crippen molar-refractivity contribution in [2.45, 2.75) is 13.0 Å². The summed E-state index contributed by atoms with van der Waals surface area (Å²) < 4.78 is 26.7. The van der Waals surface area contributed by atoms with Crippen molar-refractivity contribution in [3.63, 3.8) is 0 Å². The predicted octanol–water partition coefficient (Wildman–Crippen LogP) is 3.68. The topological polar surface area (TPSA) is 92.9 Å². The number of ether oxygens (including phenoxy) is 4. The lowest BCUT2D eigenvalue weighted by Crippen LogP contribution is -2.11. The standard InChI is InChI=1S/C20H20N2O6/c1-12(27-20(23)15-6-5-7-16(25-3)17(15)26-4)18-21-22-19(28-18)13-8-10-14(24-2)11-9-13/h5-12H,1-4H3/t12-/m1/s1. The molecular formula is C20H20N2O6. The molecule has 2 aromatic carbocycles. The average molecular weight is 384 g/mol. The Kier molecular flexibility index (Phi) is 5.78. The summed E-state index contributed by atoms with van der Waals surface area (Å²) in [5.74, 6) is 1.36. The van der Waals surface area contributed by atoms with Crippen molar-refractivity contribution in [2.24, 2.45) is 0 Å². The zero-order valence-corrected chi connectivity index (χ0v) is 16.0. The van der Waals surface area contributed by atoms with Crippen LogP contribution in [0.4, 0.5) is 0 Å². The van der Waals surface area contributed by atoms with E-state index in [-0.39, 0.29) is 11.5 Å². The smallest absolute Gasteiger partial charge is 0.342 e. The van der Waals surface area contributed by atoms with Crippen molar-refractivity contribution >= 4 is 5.97 Å². The molecule has 0 aliphatic rings. The summed E-state index contributed by atoms with van der Waals surface area (Å²) in [5.41, 5.74) is 0.969. The van der Waals surface area contributed by atoms with E-state index in [2.05, 4.69) is 10.2 Å².